The third kappa shape index (κ3) is 4.31. The number of anilines is 1. The standard InChI is InChI=1S/C9H11F5N4O2/c1-2-3-19-6-16-5(15)17-7(18-6)20-4-8(10,11)9(12,13)14/h2-4H2,1H3,(H2,15,16,17,18). The number of halogens is 5. The first-order valence-corrected chi connectivity index (χ1v) is 5.37. The zero-order chi connectivity index (χ0) is 15.4. The van der Waals surface area contributed by atoms with E-state index in [0.717, 1.165) is 0 Å². The summed E-state index contributed by atoms with van der Waals surface area (Å²) >= 11 is 0. The summed E-state index contributed by atoms with van der Waals surface area (Å²) in [5.41, 5.74) is 5.22. The van der Waals surface area contributed by atoms with Crippen molar-refractivity contribution >= 4 is 5.95 Å². The van der Waals surface area contributed by atoms with Crippen LogP contribution < -0.4 is 15.2 Å². The number of nitrogen functional groups attached to an aromatic ring is 1. The molecule has 1 rings (SSSR count). The van der Waals surface area contributed by atoms with Gasteiger partial charge in [0.2, 0.25) is 5.95 Å². The lowest BCUT2D eigenvalue weighted by atomic mass is 10.3. The lowest BCUT2D eigenvalue weighted by Crippen LogP contribution is -2.42. The highest BCUT2D eigenvalue weighted by molar-refractivity contribution is 5.20. The van der Waals surface area contributed by atoms with Gasteiger partial charge >= 0.3 is 24.1 Å². The number of hydrogen-bond acceptors (Lipinski definition) is 6. The smallest absolute Gasteiger partial charge is 0.456 e. The largest absolute Gasteiger partial charge is 0.463 e. The summed E-state index contributed by atoms with van der Waals surface area (Å²) in [4.78, 5) is 10.2. The van der Waals surface area contributed by atoms with Crippen molar-refractivity contribution in [3.8, 4) is 12.0 Å². The van der Waals surface area contributed by atoms with Crippen LogP contribution in [0.5, 0.6) is 12.0 Å². The van der Waals surface area contributed by atoms with Crippen molar-refractivity contribution in [2.24, 2.45) is 0 Å². The van der Waals surface area contributed by atoms with Gasteiger partial charge in [-0.05, 0) is 6.42 Å². The molecule has 0 atom stereocenters. The van der Waals surface area contributed by atoms with Crippen LogP contribution in [0.25, 0.3) is 0 Å². The molecule has 0 unspecified atom stereocenters. The molecular weight excluding hydrogens is 291 g/mol. The second-order valence-corrected chi connectivity index (χ2v) is 3.60. The van der Waals surface area contributed by atoms with Crippen LogP contribution in [0, 0.1) is 0 Å². The molecule has 0 bridgehead atoms. The highest BCUT2D eigenvalue weighted by atomic mass is 19.4. The molecule has 2 N–H and O–H groups in total. The van der Waals surface area contributed by atoms with Gasteiger partial charge in [0.25, 0.3) is 0 Å². The maximum Gasteiger partial charge on any atom is 0.456 e. The van der Waals surface area contributed by atoms with Gasteiger partial charge in [0.05, 0.1) is 6.61 Å². The number of hydrogen-bond donors (Lipinski definition) is 1. The second-order valence-electron chi connectivity index (χ2n) is 3.60. The molecule has 0 spiro atoms. The molecule has 0 amide bonds. The summed E-state index contributed by atoms with van der Waals surface area (Å²) in [5, 5.41) is 0. The van der Waals surface area contributed by atoms with E-state index in [0.29, 0.717) is 6.42 Å². The van der Waals surface area contributed by atoms with Crippen molar-refractivity contribution in [1.82, 2.24) is 15.0 Å². The fourth-order valence-electron chi connectivity index (χ4n) is 0.912. The Morgan fingerprint density at radius 1 is 1.00 bits per heavy atom. The summed E-state index contributed by atoms with van der Waals surface area (Å²) in [6.07, 6.45) is -5.12. The van der Waals surface area contributed by atoms with E-state index < -0.39 is 30.7 Å². The molecule has 0 aliphatic rings. The maximum absolute atomic E-state index is 12.6. The topological polar surface area (TPSA) is 83.2 Å². The summed E-state index contributed by atoms with van der Waals surface area (Å²) in [7, 11) is 0. The molecular formula is C9H11F5N4O2. The third-order valence-corrected chi connectivity index (χ3v) is 1.84. The minimum absolute atomic E-state index is 0.210. The Balaban J connectivity index is 2.75. The van der Waals surface area contributed by atoms with Gasteiger partial charge in [0.1, 0.15) is 0 Å². The van der Waals surface area contributed by atoms with Crippen LogP contribution in [0.15, 0.2) is 0 Å². The van der Waals surface area contributed by atoms with E-state index in [4.69, 9.17) is 10.5 Å². The van der Waals surface area contributed by atoms with Crippen LogP contribution in [0.1, 0.15) is 13.3 Å². The van der Waals surface area contributed by atoms with Gasteiger partial charge in [-0.15, -0.1) is 4.98 Å². The molecule has 0 saturated heterocycles. The van der Waals surface area contributed by atoms with Crippen molar-refractivity contribution in [1.29, 1.82) is 0 Å². The predicted octanol–water partition coefficient (Wildman–Crippen LogP) is 1.82. The van der Waals surface area contributed by atoms with E-state index in [1.807, 2.05) is 0 Å². The molecule has 1 aromatic heterocycles. The first kappa shape index (κ1) is 16.1. The Morgan fingerprint density at radius 3 is 2.05 bits per heavy atom. The average Bonchev–Trinajstić information content (AvgIpc) is 2.32. The molecule has 1 aromatic rings. The highest BCUT2D eigenvalue weighted by Gasteiger charge is 2.58. The Labute approximate surface area is 110 Å². The summed E-state index contributed by atoms with van der Waals surface area (Å²) in [6, 6.07) is -1.09. The van der Waals surface area contributed by atoms with E-state index in [9.17, 15) is 22.0 Å². The van der Waals surface area contributed by atoms with E-state index in [1.165, 1.54) is 0 Å². The van der Waals surface area contributed by atoms with Gasteiger partial charge in [-0.25, -0.2) is 0 Å². The SMILES string of the molecule is CCCOc1nc(N)nc(OCC(F)(F)C(F)(F)F)n1. The van der Waals surface area contributed by atoms with Crippen LogP contribution in [0.2, 0.25) is 0 Å². The minimum Gasteiger partial charge on any atom is -0.463 e. The number of aromatic nitrogens is 3. The Kier molecular flexibility index (Phi) is 4.84. The van der Waals surface area contributed by atoms with Gasteiger partial charge in [-0.2, -0.15) is 31.9 Å². The van der Waals surface area contributed by atoms with Crippen molar-refractivity contribution in [2.45, 2.75) is 25.4 Å². The summed E-state index contributed by atoms with van der Waals surface area (Å²) < 4.78 is 70.2. The van der Waals surface area contributed by atoms with Crippen molar-refractivity contribution in [3.63, 3.8) is 0 Å². The molecule has 1 heterocycles. The van der Waals surface area contributed by atoms with E-state index >= 15 is 0 Å². The Hall–Kier alpha value is -1.94. The van der Waals surface area contributed by atoms with Crippen molar-refractivity contribution < 1.29 is 31.4 Å². The molecule has 114 valence electrons. The molecule has 0 aliphatic heterocycles. The molecule has 0 fully saturated rings. The first-order valence-electron chi connectivity index (χ1n) is 5.37. The van der Waals surface area contributed by atoms with Gasteiger partial charge in [0, 0.05) is 0 Å². The van der Waals surface area contributed by atoms with Crippen molar-refractivity contribution in [3.05, 3.63) is 0 Å². The number of nitrogens with two attached hydrogens (primary N) is 1. The number of ether oxygens (including phenoxy) is 2. The quantitative estimate of drug-likeness (QED) is 0.807. The average molecular weight is 302 g/mol. The zero-order valence-electron chi connectivity index (χ0n) is 10.2. The zero-order valence-corrected chi connectivity index (χ0v) is 10.2. The van der Waals surface area contributed by atoms with Crippen LogP contribution in [0.4, 0.5) is 27.9 Å². The fourth-order valence-corrected chi connectivity index (χ4v) is 0.912. The number of alkyl halides is 5. The molecule has 0 aliphatic carbocycles. The molecule has 11 heteroatoms. The first-order chi connectivity index (χ1) is 9.15. The van der Waals surface area contributed by atoms with Gasteiger partial charge in [-0.1, -0.05) is 6.92 Å². The summed E-state index contributed by atoms with van der Waals surface area (Å²) in [5.74, 6) is -5.45. The van der Waals surface area contributed by atoms with Crippen molar-refractivity contribution in [2.75, 3.05) is 18.9 Å². The lowest BCUT2D eigenvalue weighted by Gasteiger charge is -2.19. The van der Waals surface area contributed by atoms with Crippen LogP contribution in [-0.2, 0) is 0 Å². The number of nitrogens with zero attached hydrogens (tertiary/aromatic N) is 3. The molecule has 0 saturated carbocycles. The normalized spacial score (nSPS) is 12.3. The lowest BCUT2D eigenvalue weighted by molar-refractivity contribution is -0.290. The van der Waals surface area contributed by atoms with E-state index in [2.05, 4.69) is 19.7 Å². The Morgan fingerprint density at radius 2 is 1.55 bits per heavy atom. The van der Waals surface area contributed by atoms with E-state index in [1.54, 1.807) is 6.92 Å². The van der Waals surface area contributed by atoms with Gasteiger partial charge in [-0.3, -0.25) is 0 Å². The molecule has 20 heavy (non-hydrogen) atoms. The highest BCUT2D eigenvalue weighted by Crippen LogP contribution is 2.35. The second kappa shape index (κ2) is 6.01. The molecule has 0 aromatic carbocycles. The third-order valence-electron chi connectivity index (χ3n) is 1.84. The monoisotopic (exact) mass is 302 g/mol. The maximum atomic E-state index is 12.6. The van der Waals surface area contributed by atoms with Gasteiger partial charge in [0.15, 0.2) is 6.61 Å². The fraction of sp³-hybridized carbons (Fsp3) is 0.667. The minimum atomic E-state index is -5.73. The van der Waals surface area contributed by atoms with Crippen LogP contribution >= 0.6 is 0 Å². The molecule has 6 nitrogen and oxygen atoms in total. The number of rotatable bonds is 6. The van der Waals surface area contributed by atoms with Crippen LogP contribution in [0.3, 0.4) is 0 Å². The van der Waals surface area contributed by atoms with Crippen LogP contribution in [-0.4, -0.2) is 40.3 Å². The van der Waals surface area contributed by atoms with Gasteiger partial charge < -0.3 is 15.2 Å². The predicted molar refractivity (Wildman–Crippen MR) is 56.5 cm³/mol. The van der Waals surface area contributed by atoms with E-state index in [-0.39, 0.29) is 12.6 Å². The Bertz CT molecular complexity index is 454. The molecule has 0 radical (unpaired) electrons. The summed E-state index contributed by atoms with van der Waals surface area (Å²) in [6.45, 7) is 0.0284.